The highest BCUT2D eigenvalue weighted by Crippen LogP contribution is 2.22. The Morgan fingerprint density at radius 2 is 1.64 bits per heavy atom. The van der Waals surface area contributed by atoms with Gasteiger partial charge in [-0.3, -0.25) is 4.90 Å². The molecule has 2 aliphatic rings. The number of nitrogens with one attached hydrogen (secondary N) is 2. The first-order valence-electron chi connectivity index (χ1n) is 9.61. The lowest BCUT2D eigenvalue weighted by Crippen LogP contribution is -2.46. The van der Waals surface area contributed by atoms with Crippen molar-refractivity contribution in [2.75, 3.05) is 41.4 Å². The van der Waals surface area contributed by atoms with Crippen molar-refractivity contribution >= 4 is 29.2 Å². The second kappa shape index (κ2) is 8.21. The second-order valence-corrected chi connectivity index (χ2v) is 7.01. The van der Waals surface area contributed by atoms with Gasteiger partial charge in [-0.15, -0.1) is 0 Å². The average molecular weight is 380 g/mol. The number of para-hydroxylation sites is 1. The number of cyclic esters (lactones) is 1. The van der Waals surface area contributed by atoms with Gasteiger partial charge in [-0.05, 0) is 49.2 Å². The van der Waals surface area contributed by atoms with Gasteiger partial charge < -0.3 is 20.3 Å². The fourth-order valence-electron chi connectivity index (χ4n) is 3.63. The van der Waals surface area contributed by atoms with E-state index in [2.05, 4.69) is 27.7 Å². The van der Waals surface area contributed by atoms with Crippen LogP contribution in [0.2, 0.25) is 0 Å². The Balaban J connectivity index is 1.25. The third-order valence-electron chi connectivity index (χ3n) is 5.15. The van der Waals surface area contributed by atoms with Crippen molar-refractivity contribution in [3.05, 3.63) is 54.6 Å². The Hall–Kier alpha value is -3.22. The molecule has 4 rings (SSSR count). The molecule has 2 aromatic rings. The molecule has 0 saturated carbocycles. The van der Waals surface area contributed by atoms with Crippen molar-refractivity contribution in [3.63, 3.8) is 0 Å². The van der Waals surface area contributed by atoms with Crippen LogP contribution in [0.5, 0.6) is 0 Å². The maximum atomic E-state index is 12.3. The standard InChI is InChI=1S/C21H24N4O3/c26-20(22-16-6-8-19(9-7-16)25-14-15-28-21(25)27)23-17-10-12-24(13-11-17)18-4-2-1-3-5-18/h1-9,17H,10-15H2,(H2,22,23,26). The molecular formula is C21H24N4O3. The summed E-state index contributed by atoms with van der Waals surface area (Å²) in [5.41, 5.74) is 2.68. The lowest BCUT2D eigenvalue weighted by molar-refractivity contribution is 0.181. The molecule has 7 nitrogen and oxygen atoms in total. The first-order valence-corrected chi connectivity index (χ1v) is 9.61. The van der Waals surface area contributed by atoms with Crippen LogP contribution in [0.15, 0.2) is 54.6 Å². The fraction of sp³-hybridized carbons (Fsp3) is 0.333. The Morgan fingerprint density at radius 1 is 0.929 bits per heavy atom. The van der Waals surface area contributed by atoms with Crippen molar-refractivity contribution < 1.29 is 14.3 Å². The predicted molar refractivity (Wildman–Crippen MR) is 109 cm³/mol. The minimum Gasteiger partial charge on any atom is -0.447 e. The van der Waals surface area contributed by atoms with Crippen LogP contribution in [0.25, 0.3) is 0 Å². The van der Waals surface area contributed by atoms with Crippen LogP contribution in [0.4, 0.5) is 26.7 Å². The first kappa shape index (κ1) is 18.2. The monoisotopic (exact) mass is 380 g/mol. The number of rotatable bonds is 4. The maximum Gasteiger partial charge on any atom is 0.414 e. The van der Waals surface area contributed by atoms with Gasteiger partial charge in [0.2, 0.25) is 0 Å². The van der Waals surface area contributed by atoms with Crippen molar-refractivity contribution in [2.24, 2.45) is 0 Å². The minimum absolute atomic E-state index is 0.165. The highest BCUT2D eigenvalue weighted by molar-refractivity contribution is 5.91. The summed E-state index contributed by atoms with van der Waals surface area (Å²) in [7, 11) is 0. The third kappa shape index (κ3) is 4.19. The van der Waals surface area contributed by atoms with Gasteiger partial charge in [-0.25, -0.2) is 9.59 Å². The molecule has 3 amide bonds. The molecule has 0 aromatic heterocycles. The second-order valence-electron chi connectivity index (χ2n) is 7.01. The largest absolute Gasteiger partial charge is 0.447 e. The molecule has 2 heterocycles. The quantitative estimate of drug-likeness (QED) is 0.852. The summed E-state index contributed by atoms with van der Waals surface area (Å²) in [5, 5.41) is 5.92. The zero-order chi connectivity index (χ0) is 19.3. The number of anilines is 3. The van der Waals surface area contributed by atoms with Crippen LogP contribution >= 0.6 is 0 Å². The van der Waals surface area contributed by atoms with Gasteiger partial charge in [0, 0.05) is 36.2 Å². The van der Waals surface area contributed by atoms with E-state index in [9.17, 15) is 9.59 Å². The molecule has 2 fully saturated rings. The SMILES string of the molecule is O=C(Nc1ccc(N2CCOC2=O)cc1)NC1CCN(c2ccccc2)CC1. The van der Waals surface area contributed by atoms with E-state index in [1.165, 1.54) is 5.69 Å². The first-order chi connectivity index (χ1) is 13.7. The summed E-state index contributed by atoms with van der Waals surface area (Å²) in [6.07, 6.45) is 1.50. The van der Waals surface area contributed by atoms with Crippen molar-refractivity contribution in [1.29, 1.82) is 0 Å². The topological polar surface area (TPSA) is 73.9 Å². The van der Waals surface area contributed by atoms with Crippen molar-refractivity contribution in [3.8, 4) is 0 Å². The number of nitrogens with zero attached hydrogens (tertiary/aromatic N) is 2. The summed E-state index contributed by atoms with van der Waals surface area (Å²) in [4.78, 5) is 27.8. The molecule has 2 aliphatic heterocycles. The van der Waals surface area contributed by atoms with Crippen molar-refractivity contribution in [2.45, 2.75) is 18.9 Å². The average Bonchev–Trinajstić information content (AvgIpc) is 3.16. The summed E-state index contributed by atoms with van der Waals surface area (Å²) >= 11 is 0. The minimum atomic E-state index is -0.333. The number of ether oxygens (including phenoxy) is 1. The zero-order valence-corrected chi connectivity index (χ0v) is 15.6. The normalized spacial score (nSPS) is 17.4. The van der Waals surface area contributed by atoms with Crippen LogP contribution in [0.1, 0.15) is 12.8 Å². The molecule has 2 N–H and O–H groups in total. The number of hydrogen-bond acceptors (Lipinski definition) is 4. The molecule has 28 heavy (non-hydrogen) atoms. The number of piperidine rings is 1. The number of urea groups is 1. The van der Waals surface area contributed by atoms with Crippen LogP contribution in [0, 0.1) is 0 Å². The fourth-order valence-corrected chi connectivity index (χ4v) is 3.63. The van der Waals surface area contributed by atoms with Gasteiger partial charge in [0.1, 0.15) is 6.61 Å². The Morgan fingerprint density at radius 3 is 2.29 bits per heavy atom. The van der Waals surface area contributed by atoms with E-state index < -0.39 is 0 Å². The van der Waals surface area contributed by atoms with Crippen LogP contribution in [-0.2, 0) is 4.74 Å². The molecule has 146 valence electrons. The number of carbonyl (C=O) groups excluding carboxylic acids is 2. The van der Waals surface area contributed by atoms with Gasteiger partial charge in [0.15, 0.2) is 0 Å². The molecular weight excluding hydrogens is 356 g/mol. The third-order valence-corrected chi connectivity index (χ3v) is 5.15. The van der Waals surface area contributed by atoms with Gasteiger partial charge in [-0.1, -0.05) is 18.2 Å². The molecule has 0 spiro atoms. The highest BCUT2D eigenvalue weighted by Gasteiger charge is 2.23. The molecule has 2 aromatic carbocycles. The Bertz CT molecular complexity index is 817. The highest BCUT2D eigenvalue weighted by atomic mass is 16.6. The van der Waals surface area contributed by atoms with E-state index in [4.69, 9.17) is 4.74 Å². The van der Waals surface area contributed by atoms with E-state index in [0.717, 1.165) is 31.6 Å². The molecule has 7 heteroatoms. The number of carbonyl (C=O) groups is 2. The van der Waals surface area contributed by atoms with Gasteiger partial charge in [-0.2, -0.15) is 0 Å². The molecule has 0 aliphatic carbocycles. The molecule has 0 radical (unpaired) electrons. The predicted octanol–water partition coefficient (Wildman–Crippen LogP) is 3.43. The van der Waals surface area contributed by atoms with Crippen molar-refractivity contribution in [1.82, 2.24) is 5.32 Å². The summed E-state index contributed by atoms with van der Waals surface area (Å²) < 4.78 is 4.94. The number of hydrogen-bond donors (Lipinski definition) is 2. The van der Waals surface area contributed by atoms with E-state index in [1.54, 1.807) is 29.2 Å². The van der Waals surface area contributed by atoms with Crippen LogP contribution in [0.3, 0.4) is 0 Å². The molecule has 0 unspecified atom stereocenters. The van der Waals surface area contributed by atoms with Gasteiger partial charge in [0.05, 0.1) is 6.54 Å². The Kier molecular flexibility index (Phi) is 5.32. The smallest absolute Gasteiger partial charge is 0.414 e. The van der Waals surface area contributed by atoms with Gasteiger partial charge in [0.25, 0.3) is 0 Å². The Labute approximate surface area is 164 Å². The number of amides is 3. The lowest BCUT2D eigenvalue weighted by Gasteiger charge is -2.34. The molecule has 2 saturated heterocycles. The van der Waals surface area contributed by atoms with E-state index in [1.807, 2.05) is 18.2 Å². The van der Waals surface area contributed by atoms with E-state index in [-0.39, 0.29) is 18.2 Å². The summed E-state index contributed by atoms with van der Waals surface area (Å²) in [6.45, 7) is 2.81. The molecule has 0 atom stereocenters. The maximum absolute atomic E-state index is 12.3. The van der Waals surface area contributed by atoms with E-state index in [0.29, 0.717) is 18.8 Å². The lowest BCUT2D eigenvalue weighted by atomic mass is 10.0. The summed E-state index contributed by atoms with van der Waals surface area (Å²) in [5.74, 6) is 0. The number of benzene rings is 2. The summed E-state index contributed by atoms with van der Waals surface area (Å²) in [6, 6.07) is 17.5. The van der Waals surface area contributed by atoms with Crippen LogP contribution < -0.4 is 20.4 Å². The zero-order valence-electron chi connectivity index (χ0n) is 15.6. The van der Waals surface area contributed by atoms with Crippen LogP contribution in [-0.4, -0.2) is 44.4 Å². The van der Waals surface area contributed by atoms with E-state index >= 15 is 0 Å². The molecule has 0 bridgehead atoms. The van der Waals surface area contributed by atoms with Gasteiger partial charge >= 0.3 is 12.1 Å².